The predicted octanol–water partition coefficient (Wildman–Crippen LogP) is 5.77. The molecule has 4 heterocycles. The number of aromatic nitrogens is 1. The number of hydrogen-bond donors (Lipinski definition) is 2. The molecule has 0 spiro atoms. The van der Waals surface area contributed by atoms with Crippen molar-refractivity contribution in [3.8, 4) is 11.5 Å². The van der Waals surface area contributed by atoms with Gasteiger partial charge in [0.25, 0.3) is 5.91 Å². The Morgan fingerprint density at radius 1 is 1.07 bits per heavy atom. The first-order valence-corrected chi connectivity index (χ1v) is 15.3. The number of nitrogens with zero attached hydrogens (tertiary/aromatic N) is 4. The number of pyridine rings is 1. The molecule has 9 heteroatoms. The number of fused-ring (bicyclic) bond motifs is 3. The van der Waals surface area contributed by atoms with Crippen LogP contribution in [0.25, 0.3) is 10.8 Å². The average Bonchev–Trinajstić information content (AvgIpc) is 3.47. The van der Waals surface area contributed by atoms with Crippen molar-refractivity contribution in [2.75, 3.05) is 51.3 Å². The topological polar surface area (TPSA) is 79.3 Å². The lowest BCUT2D eigenvalue weighted by atomic mass is 10.0. The third-order valence-electron chi connectivity index (χ3n) is 7.41. The Morgan fingerprint density at radius 3 is 2.54 bits per heavy atom. The molecular formula is C32H43N5O3S. The number of carbonyl (C=O) groups excluding carboxylic acids is 1. The van der Waals surface area contributed by atoms with E-state index in [9.17, 15) is 4.79 Å². The Bertz CT molecular complexity index is 1310. The molecule has 2 fully saturated rings. The lowest BCUT2D eigenvalue weighted by molar-refractivity contribution is 0.0775. The molecule has 3 aromatic rings. The second-order valence-electron chi connectivity index (χ2n) is 10.0. The molecule has 3 aliphatic heterocycles. The van der Waals surface area contributed by atoms with E-state index in [1.54, 1.807) is 7.11 Å². The highest BCUT2D eigenvalue weighted by atomic mass is 32.1. The van der Waals surface area contributed by atoms with Crippen LogP contribution in [0.1, 0.15) is 50.4 Å². The lowest BCUT2D eigenvalue weighted by Gasteiger charge is -2.28. The molecule has 2 atom stereocenters. The fourth-order valence-electron chi connectivity index (χ4n) is 5.11. The molecule has 1 aromatic heterocycles. The number of rotatable bonds is 6. The molecule has 2 unspecified atom stereocenters. The lowest BCUT2D eigenvalue weighted by Crippen LogP contribution is -2.43. The molecule has 3 aliphatic rings. The highest BCUT2D eigenvalue weighted by molar-refractivity contribution is 7.81. The summed E-state index contributed by atoms with van der Waals surface area (Å²) in [7, 11) is 1.62. The first kappa shape index (κ1) is 30.7. The van der Waals surface area contributed by atoms with E-state index in [1.807, 2.05) is 67.6 Å². The first-order chi connectivity index (χ1) is 20.1. The summed E-state index contributed by atoms with van der Waals surface area (Å²) in [6, 6.07) is 13.9. The standard InChI is InChI=1S/C21H24N2O3S.C9H13N3.C2H6/c1-3-16(27)12-26-20-10-14-8-18-17(7-13(14)9-19(20)25-2)21(24)23-6-4-5-15(23)11-22-18;1-2-4-11-9(3-1)12-7-5-10-6-8-12;1-2/h7-11,15-16,27H,3-6,12H2,1-2H3;1-4,10H,5-8H2;1-2H3. The van der Waals surface area contributed by atoms with Crippen LogP contribution in [0.4, 0.5) is 11.5 Å². The number of benzene rings is 2. The highest BCUT2D eigenvalue weighted by Gasteiger charge is 2.31. The van der Waals surface area contributed by atoms with Gasteiger partial charge >= 0.3 is 0 Å². The Hall–Kier alpha value is -3.30. The fraction of sp³-hybridized carbons (Fsp3) is 0.469. The van der Waals surface area contributed by atoms with Crippen molar-refractivity contribution in [2.45, 2.75) is 51.3 Å². The van der Waals surface area contributed by atoms with Crippen LogP contribution in [0.3, 0.4) is 0 Å². The summed E-state index contributed by atoms with van der Waals surface area (Å²) in [6.45, 7) is 11.7. The van der Waals surface area contributed by atoms with Crippen molar-refractivity contribution in [1.82, 2.24) is 15.2 Å². The van der Waals surface area contributed by atoms with Gasteiger partial charge in [-0.1, -0.05) is 26.8 Å². The molecule has 1 amide bonds. The van der Waals surface area contributed by atoms with Gasteiger partial charge < -0.3 is 24.6 Å². The van der Waals surface area contributed by atoms with Crippen molar-refractivity contribution >= 4 is 47.0 Å². The average molecular weight is 578 g/mol. The van der Waals surface area contributed by atoms with E-state index in [-0.39, 0.29) is 17.2 Å². The maximum Gasteiger partial charge on any atom is 0.256 e. The number of ether oxygens (including phenoxy) is 2. The van der Waals surface area contributed by atoms with Crippen molar-refractivity contribution in [2.24, 2.45) is 4.99 Å². The smallest absolute Gasteiger partial charge is 0.256 e. The van der Waals surface area contributed by atoms with E-state index < -0.39 is 0 Å². The van der Waals surface area contributed by atoms with Gasteiger partial charge in [-0.25, -0.2) is 4.98 Å². The minimum Gasteiger partial charge on any atom is -0.493 e. The van der Waals surface area contributed by atoms with Gasteiger partial charge in [-0.05, 0) is 66.4 Å². The fourth-order valence-corrected chi connectivity index (χ4v) is 5.18. The maximum absolute atomic E-state index is 13.0. The summed E-state index contributed by atoms with van der Waals surface area (Å²) in [5.74, 6) is 2.50. The number of hydrogen-bond acceptors (Lipinski definition) is 8. The molecule has 8 nitrogen and oxygen atoms in total. The molecular weight excluding hydrogens is 534 g/mol. The Labute approximate surface area is 249 Å². The van der Waals surface area contributed by atoms with Crippen molar-refractivity contribution in [3.05, 3.63) is 54.2 Å². The van der Waals surface area contributed by atoms with Crippen LogP contribution in [0.2, 0.25) is 0 Å². The van der Waals surface area contributed by atoms with Gasteiger partial charge in [0.1, 0.15) is 5.82 Å². The van der Waals surface area contributed by atoms with Crippen molar-refractivity contribution in [1.29, 1.82) is 0 Å². The molecule has 41 heavy (non-hydrogen) atoms. The van der Waals surface area contributed by atoms with E-state index in [2.05, 4.69) is 45.8 Å². The zero-order valence-corrected chi connectivity index (χ0v) is 25.6. The molecule has 6 rings (SSSR count). The largest absolute Gasteiger partial charge is 0.493 e. The van der Waals surface area contributed by atoms with E-state index in [4.69, 9.17) is 9.47 Å². The molecule has 220 valence electrons. The SMILES string of the molecule is CC.CCC(S)COc1cc2cc3c(cc2cc1OC)C(=O)N1CCCC1C=N3.c1ccc(N2CCNCC2)nc1. The Morgan fingerprint density at radius 2 is 1.83 bits per heavy atom. The second-order valence-corrected chi connectivity index (χ2v) is 10.7. The van der Waals surface area contributed by atoms with Gasteiger partial charge in [-0.2, -0.15) is 12.6 Å². The van der Waals surface area contributed by atoms with Gasteiger partial charge in [0, 0.05) is 50.4 Å². The molecule has 2 saturated heterocycles. The summed E-state index contributed by atoms with van der Waals surface area (Å²) in [6.07, 6.45) is 6.70. The maximum atomic E-state index is 13.0. The third-order valence-corrected chi connectivity index (χ3v) is 7.92. The summed E-state index contributed by atoms with van der Waals surface area (Å²) < 4.78 is 11.4. The minimum atomic E-state index is 0.0621. The first-order valence-electron chi connectivity index (χ1n) is 14.8. The van der Waals surface area contributed by atoms with Crippen LogP contribution in [0, 0.1) is 0 Å². The number of amides is 1. The highest BCUT2D eigenvalue weighted by Crippen LogP contribution is 2.37. The number of nitrogens with one attached hydrogen (secondary N) is 1. The molecule has 1 N–H and O–H groups in total. The van der Waals surface area contributed by atoms with Gasteiger partial charge in [0.05, 0.1) is 31.0 Å². The molecule has 0 saturated carbocycles. The number of carbonyl (C=O) groups is 1. The van der Waals surface area contributed by atoms with Crippen LogP contribution in [-0.2, 0) is 0 Å². The zero-order valence-electron chi connectivity index (χ0n) is 24.7. The second kappa shape index (κ2) is 15.1. The van der Waals surface area contributed by atoms with Crippen LogP contribution in [0.5, 0.6) is 11.5 Å². The number of aliphatic imine (C=N–C) groups is 1. The Balaban J connectivity index is 0.000000230. The molecule has 0 radical (unpaired) electrons. The van der Waals surface area contributed by atoms with Crippen LogP contribution >= 0.6 is 12.6 Å². The third kappa shape index (κ3) is 7.51. The van der Waals surface area contributed by atoms with Gasteiger partial charge in [0.2, 0.25) is 0 Å². The number of anilines is 1. The van der Waals surface area contributed by atoms with Crippen molar-refractivity contribution in [3.63, 3.8) is 0 Å². The number of methoxy groups -OCH3 is 1. The van der Waals surface area contributed by atoms with E-state index in [0.717, 1.165) is 74.3 Å². The monoisotopic (exact) mass is 577 g/mol. The van der Waals surface area contributed by atoms with Crippen molar-refractivity contribution < 1.29 is 14.3 Å². The predicted molar refractivity (Wildman–Crippen MR) is 172 cm³/mol. The number of piperazine rings is 1. The summed E-state index contributed by atoms with van der Waals surface area (Å²) in [5.41, 5.74) is 1.37. The molecule has 2 aromatic carbocycles. The number of thiol groups is 1. The summed E-state index contributed by atoms with van der Waals surface area (Å²) in [4.78, 5) is 26.1. The quantitative estimate of drug-likeness (QED) is 0.362. The van der Waals surface area contributed by atoms with Crippen LogP contribution in [0.15, 0.2) is 53.7 Å². The van der Waals surface area contributed by atoms with Gasteiger partial charge in [0.15, 0.2) is 11.5 Å². The van der Waals surface area contributed by atoms with Crippen LogP contribution < -0.4 is 19.7 Å². The summed E-state index contributed by atoms with van der Waals surface area (Å²) >= 11 is 4.49. The minimum absolute atomic E-state index is 0.0621. The molecule has 0 bridgehead atoms. The van der Waals surface area contributed by atoms with E-state index in [1.165, 1.54) is 0 Å². The summed E-state index contributed by atoms with van der Waals surface area (Å²) in [5, 5.41) is 5.41. The zero-order chi connectivity index (χ0) is 29.2. The van der Waals surface area contributed by atoms with E-state index >= 15 is 0 Å². The van der Waals surface area contributed by atoms with E-state index in [0.29, 0.717) is 23.7 Å². The Kier molecular flexibility index (Phi) is 11.3. The van der Waals surface area contributed by atoms with Crippen LogP contribution in [-0.4, -0.2) is 79.7 Å². The molecule has 0 aliphatic carbocycles. The normalized spacial score (nSPS) is 18.3. The van der Waals surface area contributed by atoms with Gasteiger partial charge in [-0.3, -0.25) is 9.79 Å². The van der Waals surface area contributed by atoms with Gasteiger partial charge in [-0.15, -0.1) is 0 Å².